The lowest BCUT2D eigenvalue weighted by Crippen LogP contribution is -2.23. The van der Waals surface area contributed by atoms with Gasteiger partial charge in [0.1, 0.15) is 17.2 Å². The van der Waals surface area contributed by atoms with Gasteiger partial charge in [0.25, 0.3) is 11.8 Å². The lowest BCUT2D eigenvalue weighted by molar-refractivity contribution is 0.0949. The number of carbonyl (C=O) groups is 2. The average molecular weight is 451 g/mol. The van der Waals surface area contributed by atoms with Gasteiger partial charge >= 0.3 is 0 Å². The summed E-state index contributed by atoms with van der Waals surface area (Å²) in [6.07, 6.45) is 1.48. The van der Waals surface area contributed by atoms with Gasteiger partial charge in [0.05, 0.1) is 51.0 Å². The van der Waals surface area contributed by atoms with E-state index in [0.717, 1.165) is 0 Å². The van der Waals surface area contributed by atoms with Crippen LogP contribution in [0.4, 0.5) is 0 Å². The minimum absolute atomic E-state index is 0.00329. The second kappa shape index (κ2) is 10.4. The van der Waals surface area contributed by atoms with E-state index >= 15 is 0 Å². The number of nitrogens with zero attached hydrogens (tertiary/aromatic N) is 2. The Labute approximate surface area is 190 Å². The predicted molar refractivity (Wildman–Crippen MR) is 121 cm³/mol. The van der Waals surface area contributed by atoms with E-state index < -0.39 is 5.91 Å². The van der Waals surface area contributed by atoms with Crippen molar-refractivity contribution < 1.29 is 23.8 Å². The molecule has 0 aliphatic rings. The number of rotatable bonds is 9. The number of ether oxygens (including phenoxy) is 3. The Kier molecular flexibility index (Phi) is 7.42. The van der Waals surface area contributed by atoms with Crippen LogP contribution in [0.25, 0.3) is 11.3 Å². The molecule has 0 saturated carbocycles. The molecule has 10 nitrogen and oxygen atoms in total. The van der Waals surface area contributed by atoms with Gasteiger partial charge in [-0.1, -0.05) is 12.1 Å². The molecule has 33 heavy (non-hydrogen) atoms. The van der Waals surface area contributed by atoms with Crippen molar-refractivity contribution in [2.45, 2.75) is 13.1 Å². The minimum Gasteiger partial charge on any atom is -0.496 e. The summed E-state index contributed by atoms with van der Waals surface area (Å²) in [4.78, 5) is 33.0. The first-order valence-corrected chi connectivity index (χ1v) is 9.95. The van der Waals surface area contributed by atoms with Crippen LogP contribution in [-0.2, 0) is 13.1 Å². The highest BCUT2D eigenvalue weighted by atomic mass is 16.5. The van der Waals surface area contributed by atoms with Gasteiger partial charge in [-0.15, -0.1) is 0 Å². The third kappa shape index (κ3) is 5.18. The number of nitrogens with two attached hydrogens (primary N) is 2. The Morgan fingerprint density at radius 3 is 2.30 bits per heavy atom. The third-order valence-corrected chi connectivity index (χ3v) is 4.94. The van der Waals surface area contributed by atoms with Crippen molar-refractivity contribution in [1.82, 2.24) is 15.3 Å². The molecule has 0 unspecified atom stereocenters. The Bertz CT molecular complexity index is 1160. The fraction of sp³-hybridized carbons (Fsp3) is 0.217. The predicted octanol–water partition coefficient (Wildman–Crippen LogP) is 1.66. The second-order valence-corrected chi connectivity index (χ2v) is 6.89. The number of carbonyl (C=O) groups excluding carboxylic acids is 2. The van der Waals surface area contributed by atoms with Crippen molar-refractivity contribution in [2.24, 2.45) is 11.5 Å². The molecule has 0 atom stereocenters. The van der Waals surface area contributed by atoms with Gasteiger partial charge in [-0.05, 0) is 12.1 Å². The molecule has 0 bridgehead atoms. The molecule has 0 saturated heterocycles. The first kappa shape index (κ1) is 23.5. The number of primary amides is 1. The van der Waals surface area contributed by atoms with Crippen molar-refractivity contribution in [3.05, 3.63) is 65.1 Å². The van der Waals surface area contributed by atoms with E-state index in [9.17, 15) is 9.59 Å². The number of hydrogen-bond acceptors (Lipinski definition) is 8. The second-order valence-electron chi connectivity index (χ2n) is 6.89. The van der Waals surface area contributed by atoms with E-state index in [1.807, 2.05) is 0 Å². The van der Waals surface area contributed by atoms with Gasteiger partial charge in [-0.3, -0.25) is 14.6 Å². The zero-order chi connectivity index (χ0) is 24.0. The van der Waals surface area contributed by atoms with Gasteiger partial charge in [-0.2, -0.15) is 0 Å². The smallest absolute Gasteiger partial charge is 0.269 e. The zero-order valence-electron chi connectivity index (χ0n) is 18.5. The van der Waals surface area contributed by atoms with Crippen LogP contribution < -0.4 is 31.0 Å². The highest BCUT2D eigenvalue weighted by Gasteiger charge is 2.16. The van der Waals surface area contributed by atoms with Gasteiger partial charge in [0.15, 0.2) is 5.69 Å². The number of benzene rings is 2. The number of amides is 2. The highest BCUT2D eigenvalue weighted by Crippen LogP contribution is 2.34. The summed E-state index contributed by atoms with van der Waals surface area (Å²) in [7, 11) is 4.60. The molecule has 2 amide bonds. The lowest BCUT2D eigenvalue weighted by Gasteiger charge is -2.15. The summed E-state index contributed by atoms with van der Waals surface area (Å²) in [6, 6.07) is 10.2. The van der Waals surface area contributed by atoms with E-state index in [2.05, 4.69) is 15.3 Å². The van der Waals surface area contributed by atoms with Crippen LogP contribution >= 0.6 is 0 Å². The van der Waals surface area contributed by atoms with Crippen molar-refractivity contribution in [2.75, 3.05) is 21.3 Å². The molecule has 3 aromatic rings. The van der Waals surface area contributed by atoms with Crippen molar-refractivity contribution in [3.63, 3.8) is 0 Å². The largest absolute Gasteiger partial charge is 0.496 e. The number of nitrogens with one attached hydrogen (secondary N) is 1. The average Bonchev–Trinajstić information content (AvgIpc) is 2.86. The van der Waals surface area contributed by atoms with Crippen LogP contribution in [0, 0.1) is 0 Å². The molecule has 0 radical (unpaired) electrons. The Morgan fingerprint density at radius 2 is 1.73 bits per heavy atom. The maximum absolute atomic E-state index is 12.9. The first-order chi connectivity index (χ1) is 15.9. The van der Waals surface area contributed by atoms with E-state index in [4.69, 9.17) is 25.7 Å². The van der Waals surface area contributed by atoms with Crippen molar-refractivity contribution in [3.8, 4) is 28.5 Å². The van der Waals surface area contributed by atoms with E-state index in [-0.39, 0.29) is 24.7 Å². The first-order valence-electron chi connectivity index (χ1n) is 9.95. The fourth-order valence-electron chi connectivity index (χ4n) is 3.24. The SMILES string of the molecule is COc1cc(OC)c(CNC(=O)c2cccc(-c3cnc(CN)c(C(N)=O)n3)c2)c(OC)c1. The van der Waals surface area contributed by atoms with Crippen LogP contribution in [-0.4, -0.2) is 43.1 Å². The maximum Gasteiger partial charge on any atom is 0.269 e. The maximum atomic E-state index is 12.9. The molecule has 5 N–H and O–H groups in total. The molecule has 0 aliphatic heterocycles. The molecule has 1 aromatic heterocycles. The van der Waals surface area contributed by atoms with E-state index in [0.29, 0.717) is 45.3 Å². The topological polar surface area (TPSA) is 152 Å². The molecule has 10 heteroatoms. The molecule has 2 aromatic carbocycles. The minimum atomic E-state index is -0.721. The molecular weight excluding hydrogens is 426 g/mol. The van der Waals surface area contributed by atoms with Crippen LogP contribution in [0.5, 0.6) is 17.2 Å². The van der Waals surface area contributed by atoms with Gasteiger partial charge in [0, 0.05) is 29.8 Å². The molecule has 0 aliphatic carbocycles. The van der Waals surface area contributed by atoms with Crippen molar-refractivity contribution in [1.29, 1.82) is 0 Å². The summed E-state index contributed by atoms with van der Waals surface area (Å²) in [5.74, 6) is 0.576. The summed E-state index contributed by atoms with van der Waals surface area (Å²) in [5.41, 5.74) is 13.3. The summed E-state index contributed by atoms with van der Waals surface area (Å²) >= 11 is 0. The number of methoxy groups -OCH3 is 3. The molecule has 0 fully saturated rings. The number of hydrogen-bond donors (Lipinski definition) is 3. The van der Waals surface area contributed by atoms with Gasteiger partial charge in [-0.25, -0.2) is 4.98 Å². The lowest BCUT2D eigenvalue weighted by atomic mass is 10.1. The quantitative estimate of drug-likeness (QED) is 0.444. The van der Waals surface area contributed by atoms with Crippen LogP contribution in [0.15, 0.2) is 42.6 Å². The Balaban J connectivity index is 1.84. The van der Waals surface area contributed by atoms with Gasteiger partial charge < -0.3 is 31.0 Å². The van der Waals surface area contributed by atoms with Crippen LogP contribution in [0.2, 0.25) is 0 Å². The molecule has 3 rings (SSSR count). The summed E-state index contributed by atoms with van der Waals surface area (Å²) in [5, 5.41) is 2.86. The number of aromatic nitrogens is 2. The molecular formula is C23H25N5O5. The van der Waals surface area contributed by atoms with E-state index in [1.165, 1.54) is 20.4 Å². The van der Waals surface area contributed by atoms with Crippen LogP contribution in [0.1, 0.15) is 32.1 Å². The normalized spacial score (nSPS) is 10.4. The Morgan fingerprint density at radius 1 is 1.03 bits per heavy atom. The third-order valence-electron chi connectivity index (χ3n) is 4.94. The summed E-state index contributed by atoms with van der Waals surface area (Å²) < 4.78 is 16.1. The highest BCUT2D eigenvalue weighted by molar-refractivity contribution is 5.95. The van der Waals surface area contributed by atoms with Gasteiger partial charge in [0.2, 0.25) is 0 Å². The standard InChI is InChI=1S/C23H25N5O5/c1-31-15-8-19(32-2)16(20(9-15)33-3)11-27-23(30)14-6-4-5-13(7-14)18-12-26-17(10-24)21(28-18)22(25)29/h4-9,12H,10-11,24H2,1-3H3,(H2,25,29)(H,27,30). The Hall–Kier alpha value is -4.18. The molecule has 0 spiro atoms. The summed E-state index contributed by atoms with van der Waals surface area (Å²) in [6.45, 7) is 0.197. The zero-order valence-corrected chi connectivity index (χ0v) is 18.5. The fourth-order valence-corrected chi connectivity index (χ4v) is 3.24. The van der Waals surface area contributed by atoms with Crippen LogP contribution in [0.3, 0.4) is 0 Å². The monoisotopic (exact) mass is 451 g/mol. The molecule has 172 valence electrons. The molecule has 1 heterocycles. The van der Waals surface area contributed by atoms with Crippen molar-refractivity contribution >= 4 is 11.8 Å². The van der Waals surface area contributed by atoms with E-state index in [1.54, 1.807) is 43.5 Å².